The molecule has 8 nitrogen and oxygen atoms in total. The van der Waals surface area contributed by atoms with Crippen LogP contribution in [0.1, 0.15) is 49.4 Å². The lowest BCUT2D eigenvalue weighted by atomic mass is 9.93. The van der Waals surface area contributed by atoms with Crippen molar-refractivity contribution in [2.24, 2.45) is 0 Å². The van der Waals surface area contributed by atoms with Crippen LogP contribution in [0.3, 0.4) is 0 Å². The summed E-state index contributed by atoms with van der Waals surface area (Å²) in [6, 6.07) is 16.4. The summed E-state index contributed by atoms with van der Waals surface area (Å²) in [6.07, 6.45) is 0. The van der Waals surface area contributed by atoms with Gasteiger partial charge >= 0.3 is 0 Å². The lowest BCUT2D eigenvalue weighted by Gasteiger charge is -2.27. The largest absolute Gasteiger partial charge is 0.497 e. The Balaban J connectivity index is 1.96. The molecule has 0 saturated heterocycles. The van der Waals surface area contributed by atoms with E-state index in [0.29, 0.717) is 11.5 Å². The second-order valence-electron chi connectivity index (χ2n) is 9.25. The molecular formula is C29H36N2O6S. The summed E-state index contributed by atoms with van der Waals surface area (Å²) >= 11 is 0. The highest BCUT2D eigenvalue weighted by Gasteiger charge is 2.30. The first-order chi connectivity index (χ1) is 18.0. The molecule has 0 fully saturated rings. The second-order valence-corrected chi connectivity index (χ2v) is 11.1. The van der Waals surface area contributed by atoms with E-state index in [1.165, 1.54) is 26.4 Å². The van der Waals surface area contributed by atoms with Gasteiger partial charge in [0, 0.05) is 0 Å². The maximum Gasteiger partial charge on any atom is 0.264 e. The van der Waals surface area contributed by atoms with Gasteiger partial charge in [-0.25, -0.2) is 8.42 Å². The van der Waals surface area contributed by atoms with E-state index in [-0.39, 0.29) is 22.5 Å². The summed E-state index contributed by atoms with van der Waals surface area (Å²) in [7, 11) is 0.479. The van der Waals surface area contributed by atoms with Crippen molar-refractivity contribution in [3.8, 4) is 17.2 Å². The minimum atomic E-state index is -4.12. The van der Waals surface area contributed by atoms with Crippen molar-refractivity contribution in [1.82, 2.24) is 5.32 Å². The highest BCUT2D eigenvalue weighted by Crippen LogP contribution is 2.34. The maximum atomic E-state index is 13.8. The van der Waals surface area contributed by atoms with Crippen molar-refractivity contribution in [3.05, 3.63) is 77.4 Å². The Morgan fingerprint density at radius 1 is 0.868 bits per heavy atom. The number of benzene rings is 3. The van der Waals surface area contributed by atoms with Crippen LogP contribution < -0.4 is 23.8 Å². The number of carbonyl (C=O) groups excluding carboxylic acids is 1. The third-order valence-electron chi connectivity index (χ3n) is 6.37. The van der Waals surface area contributed by atoms with Gasteiger partial charge in [0.05, 0.1) is 38.0 Å². The highest BCUT2D eigenvalue weighted by atomic mass is 32.2. The molecule has 0 aliphatic rings. The van der Waals surface area contributed by atoms with Crippen molar-refractivity contribution < 1.29 is 27.4 Å². The molecule has 204 valence electrons. The third-order valence-corrected chi connectivity index (χ3v) is 8.15. The Kier molecular flexibility index (Phi) is 9.27. The Bertz CT molecular complexity index is 1370. The molecule has 0 saturated carbocycles. The highest BCUT2D eigenvalue weighted by molar-refractivity contribution is 7.92. The minimum absolute atomic E-state index is 0.0256. The number of hydrogen-bond donors (Lipinski definition) is 1. The molecule has 0 radical (unpaired) electrons. The molecule has 1 N–H and O–H groups in total. The van der Waals surface area contributed by atoms with Gasteiger partial charge in [-0.1, -0.05) is 26.0 Å². The van der Waals surface area contributed by atoms with Gasteiger partial charge in [0.1, 0.15) is 23.8 Å². The smallest absolute Gasteiger partial charge is 0.264 e. The predicted octanol–water partition coefficient (Wildman–Crippen LogP) is 5.22. The number of nitrogens with zero attached hydrogens (tertiary/aromatic N) is 1. The van der Waals surface area contributed by atoms with Crippen LogP contribution in [0.2, 0.25) is 0 Å². The van der Waals surface area contributed by atoms with Crippen LogP contribution >= 0.6 is 0 Å². The molecule has 1 atom stereocenters. The first kappa shape index (κ1) is 28.8. The van der Waals surface area contributed by atoms with Crippen LogP contribution in [0.5, 0.6) is 17.2 Å². The molecule has 9 heteroatoms. The molecule has 0 bridgehead atoms. The van der Waals surface area contributed by atoms with E-state index in [0.717, 1.165) is 26.7 Å². The molecule has 0 aliphatic heterocycles. The van der Waals surface area contributed by atoms with Crippen LogP contribution in [-0.2, 0) is 14.8 Å². The standard InChI is InChI=1S/C29H36N2O6S/c1-19(2)24-17-25(20(3)16-28(24)37-7)21(4)30-29(32)18-31(26-10-8-9-11-27(26)36-6)38(33,34)23-14-12-22(35-5)13-15-23/h8-17,19,21H,18H2,1-7H3,(H,30,32)/t21-/m0/s1. The van der Waals surface area contributed by atoms with Gasteiger partial charge in [-0.2, -0.15) is 0 Å². The number of ether oxygens (including phenoxy) is 3. The van der Waals surface area contributed by atoms with Crippen molar-refractivity contribution in [3.63, 3.8) is 0 Å². The van der Waals surface area contributed by atoms with E-state index in [1.54, 1.807) is 43.5 Å². The number of aryl methyl sites for hydroxylation is 1. The predicted molar refractivity (Wildman–Crippen MR) is 149 cm³/mol. The zero-order valence-corrected chi connectivity index (χ0v) is 23.8. The average molecular weight is 541 g/mol. The number of nitrogens with one attached hydrogen (secondary N) is 1. The molecule has 3 aromatic carbocycles. The summed E-state index contributed by atoms with van der Waals surface area (Å²) < 4.78 is 44.7. The summed E-state index contributed by atoms with van der Waals surface area (Å²) in [5.74, 6) is 1.42. The van der Waals surface area contributed by atoms with E-state index < -0.39 is 22.5 Å². The van der Waals surface area contributed by atoms with Crippen LogP contribution in [-0.4, -0.2) is 42.2 Å². The van der Waals surface area contributed by atoms with E-state index in [9.17, 15) is 13.2 Å². The molecule has 1 amide bonds. The number of sulfonamides is 1. The second kappa shape index (κ2) is 12.2. The normalized spacial score (nSPS) is 12.1. The number of para-hydroxylation sites is 2. The summed E-state index contributed by atoms with van der Waals surface area (Å²) in [5, 5.41) is 2.97. The Hall–Kier alpha value is -3.72. The lowest BCUT2D eigenvalue weighted by molar-refractivity contribution is -0.120. The van der Waals surface area contributed by atoms with Gasteiger partial charge in [-0.05, 0) is 85.0 Å². The van der Waals surface area contributed by atoms with Gasteiger partial charge < -0.3 is 19.5 Å². The first-order valence-electron chi connectivity index (χ1n) is 12.3. The van der Waals surface area contributed by atoms with E-state index in [1.807, 2.05) is 26.0 Å². The van der Waals surface area contributed by atoms with E-state index >= 15 is 0 Å². The van der Waals surface area contributed by atoms with Gasteiger partial charge in [-0.3, -0.25) is 9.10 Å². The van der Waals surface area contributed by atoms with Gasteiger partial charge in [-0.15, -0.1) is 0 Å². The number of amides is 1. The SMILES string of the molecule is COc1ccc(S(=O)(=O)N(CC(=O)N[C@@H](C)c2cc(C(C)C)c(OC)cc2C)c2ccccc2OC)cc1. The molecule has 38 heavy (non-hydrogen) atoms. The van der Waals surface area contributed by atoms with Crippen molar-refractivity contribution in [1.29, 1.82) is 0 Å². The number of hydrogen-bond acceptors (Lipinski definition) is 6. The first-order valence-corrected chi connectivity index (χ1v) is 13.7. The topological polar surface area (TPSA) is 94.2 Å². The lowest BCUT2D eigenvalue weighted by Crippen LogP contribution is -2.41. The third kappa shape index (κ3) is 6.22. The Morgan fingerprint density at radius 2 is 1.50 bits per heavy atom. The molecule has 0 aromatic heterocycles. The van der Waals surface area contributed by atoms with Crippen molar-refractivity contribution in [2.45, 2.75) is 44.6 Å². The average Bonchev–Trinajstić information content (AvgIpc) is 2.91. The number of methoxy groups -OCH3 is 3. The fourth-order valence-electron chi connectivity index (χ4n) is 4.32. The fraction of sp³-hybridized carbons (Fsp3) is 0.345. The quantitative estimate of drug-likeness (QED) is 0.359. The molecule has 0 unspecified atom stereocenters. The summed E-state index contributed by atoms with van der Waals surface area (Å²) in [5.41, 5.74) is 3.19. The Labute approximate surface area is 225 Å². The molecule has 0 spiro atoms. The van der Waals surface area contributed by atoms with Crippen molar-refractivity contribution in [2.75, 3.05) is 32.2 Å². The zero-order valence-electron chi connectivity index (χ0n) is 22.9. The van der Waals surface area contributed by atoms with Gasteiger partial charge in [0.25, 0.3) is 10.0 Å². The van der Waals surface area contributed by atoms with E-state index in [2.05, 4.69) is 19.2 Å². The maximum absolute atomic E-state index is 13.8. The summed E-state index contributed by atoms with van der Waals surface area (Å²) in [6.45, 7) is 7.55. The molecule has 0 heterocycles. The van der Waals surface area contributed by atoms with E-state index in [4.69, 9.17) is 14.2 Å². The number of anilines is 1. The van der Waals surface area contributed by atoms with Gasteiger partial charge in [0.15, 0.2) is 0 Å². The molecule has 0 aliphatic carbocycles. The van der Waals surface area contributed by atoms with Crippen molar-refractivity contribution >= 4 is 21.6 Å². The van der Waals surface area contributed by atoms with Crippen LogP contribution in [0.15, 0.2) is 65.6 Å². The van der Waals surface area contributed by atoms with Crippen LogP contribution in [0.4, 0.5) is 5.69 Å². The number of rotatable bonds is 11. The minimum Gasteiger partial charge on any atom is -0.497 e. The van der Waals surface area contributed by atoms with Crippen LogP contribution in [0, 0.1) is 6.92 Å². The molecular weight excluding hydrogens is 504 g/mol. The monoisotopic (exact) mass is 540 g/mol. The fourth-order valence-corrected chi connectivity index (χ4v) is 5.75. The molecule has 3 aromatic rings. The zero-order chi connectivity index (χ0) is 28.0. The number of carbonyl (C=O) groups is 1. The molecule has 3 rings (SSSR count). The van der Waals surface area contributed by atoms with Crippen LogP contribution in [0.25, 0.3) is 0 Å². The van der Waals surface area contributed by atoms with Gasteiger partial charge in [0.2, 0.25) is 5.91 Å². The summed E-state index contributed by atoms with van der Waals surface area (Å²) in [4.78, 5) is 13.4. The Morgan fingerprint density at radius 3 is 2.08 bits per heavy atom.